The average molecular weight is 1620 g/mol. The maximum atomic E-state index is 14.8. The van der Waals surface area contributed by atoms with Crippen LogP contribution in [0.2, 0.25) is 0 Å². The Hall–Kier alpha value is -8.70. The zero-order chi connectivity index (χ0) is 79.6. The van der Waals surface area contributed by atoms with Gasteiger partial charge in [-0.25, -0.2) is 14.2 Å². The molecule has 9 rings (SSSR count). The molecule has 0 fully saturated rings. The molecule has 0 radical (unpaired) electrons. The summed E-state index contributed by atoms with van der Waals surface area (Å²) in [5.74, 6) is -3.83. The van der Waals surface area contributed by atoms with Crippen LogP contribution in [0.5, 0.6) is 11.5 Å². The molecule has 0 spiro atoms. The van der Waals surface area contributed by atoms with Gasteiger partial charge in [0, 0.05) is 124 Å². The summed E-state index contributed by atoms with van der Waals surface area (Å²) in [4.78, 5) is 147. The summed E-state index contributed by atoms with van der Waals surface area (Å²) in [6.07, 6.45) is 0.942. The highest BCUT2D eigenvalue weighted by atomic mass is 35.5. The van der Waals surface area contributed by atoms with Crippen LogP contribution in [0, 0.1) is 5.92 Å². The monoisotopic (exact) mass is 1620 g/mol. The zero-order valence-corrected chi connectivity index (χ0v) is 65.5. The smallest absolute Gasteiger partial charge is 0.445 e. The Morgan fingerprint density at radius 3 is 1.50 bits per heavy atom. The van der Waals surface area contributed by atoms with Crippen LogP contribution in [0.1, 0.15) is 75.1 Å². The number of phosphoric acid groups is 1. The summed E-state index contributed by atoms with van der Waals surface area (Å²) in [5.41, 5.74) is 3.25. The number of methoxy groups -OCH3 is 2. The van der Waals surface area contributed by atoms with Crippen LogP contribution in [0.15, 0.2) is 109 Å². The van der Waals surface area contributed by atoms with Gasteiger partial charge in [-0.2, -0.15) is 0 Å². The lowest BCUT2D eigenvalue weighted by Crippen LogP contribution is -2.53. The molecule has 1 aromatic heterocycles. The highest BCUT2D eigenvalue weighted by Gasteiger charge is 2.40. The summed E-state index contributed by atoms with van der Waals surface area (Å²) < 4.78 is 72.9. The van der Waals surface area contributed by atoms with Crippen LogP contribution in [-0.2, 0) is 77.8 Å². The molecule has 4 heterocycles. The molecule has 111 heavy (non-hydrogen) atoms. The van der Waals surface area contributed by atoms with Crippen LogP contribution < -0.4 is 35.0 Å². The van der Waals surface area contributed by atoms with Crippen LogP contribution in [-0.4, -0.2) is 254 Å². The number of carbonyl (C=O) groups is 9. The molecule has 0 saturated carbocycles. The predicted octanol–water partition coefficient (Wildman–Crippen LogP) is 8.22. The number of phosphoric ester groups is 1. The normalized spacial score (nSPS) is 15.1. The van der Waals surface area contributed by atoms with E-state index < -0.39 is 61.6 Å². The number of alkyl halides is 2. The topological polar surface area (TPSA) is 365 Å². The van der Waals surface area contributed by atoms with E-state index in [1.807, 2.05) is 12.1 Å². The molecule has 600 valence electrons. The highest BCUT2D eigenvalue weighted by molar-refractivity contribution is 7.46. The molecule has 4 unspecified atom stereocenters. The molecule has 5 N–H and O–H groups in total. The fourth-order valence-corrected chi connectivity index (χ4v) is 14.3. The Labute approximate surface area is 656 Å². The fourth-order valence-electron chi connectivity index (χ4n) is 12.5. The van der Waals surface area contributed by atoms with E-state index >= 15 is 0 Å². The number of thiophene rings is 1. The lowest BCUT2D eigenvalue weighted by atomic mass is 9.95. The van der Waals surface area contributed by atoms with Crippen molar-refractivity contribution < 1.29 is 109 Å². The number of rotatable bonds is 45. The summed E-state index contributed by atoms with van der Waals surface area (Å²) >= 11 is 14.1. The Morgan fingerprint density at radius 1 is 0.568 bits per heavy atom. The molecule has 9 amide bonds. The minimum absolute atomic E-state index is 0.0207. The van der Waals surface area contributed by atoms with Crippen LogP contribution in [0.25, 0.3) is 21.5 Å². The number of carbonyl (C=O) groups excluding carboxylic acids is 9. The van der Waals surface area contributed by atoms with E-state index in [1.54, 1.807) is 97.6 Å². The van der Waals surface area contributed by atoms with Crippen molar-refractivity contribution in [3.05, 3.63) is 136 Å². The second-order valence-corrected chi connectivity index (χ2v) is 29.0. The van der Waals surface area contributed by atoms with Crippen molar-refractivity contribution in [2.24, 2.45) is 5.92 Å². The number of fused-ring (bicyclic) bond motifs is 6. The molecule has 6 aromatic rings. The van der Waals surface area contributed by atoms with Gasteiger partial charge in [-0.1, -0.05) is 74.5 Å². The quantitative estimate of drug-likeness (QED) is 0.0104. The van der Waals surface area contributed by atoms with Gasteiger partial charge in [0.2, 0.25) is 17.7 Å². The molecule has 31 nitrogen and oxygen atoms in total. The maximum Gasteiger partial charge on any atom is 0.524 e. The lowest BCUT2D eigenvalue weighted by molar-refractivity contribution is -0.137. The van der Waals surface area contributed by atoms with Gasteiger partial charge >= 0.3 is 20.0 Å². The van der Waals surface area contributed by atoms with E-state index in [0.29, 0.717) is 97.0 Å². The molecule has 0 bridgehead atoms. The van der Waals surface area contributed by atoms with Gasteiger partial charge in [0.1, 0.15) is 30.2 Å². The van der Waals surface area contributed by atoms with Crippen molar-refractivity contribution in [2.75, 3.05) is 179 Å². The first-order chi connectivity index (χ1) is 53.5. The van der Waals surface area contributed by atoms with Crippen LogP contribution in [0.4, 0.5) is 26.7 Å². The number of hydrogen-bond acceptors (Lipinski definition) is 22. The number of ether oxygens (including phenoxy) is 10. The SMILES string of the molecule is COCCN(CCN(CCOC)C(=O)Oc1cc2c(c3ccccc13)C(CCl)CN2C(=O)c1ccc(C(=O)N2CC(CCl)c3c2cc(OP(=O)(O)O)c2ccccc32)s1)C(=O)OCc1ccc(NC(=O)C(C)NC(=O)C(NC(=O)CCOCCOCCOCCOCCOCCOCCN2C(=O)C=CC2=O)C(C)C)cc1. The summed E-state index contributed by atoms with van der Waals surface area (Å²) in [6.45, 7) is 9.28. The first-order valence-electron chi connectivity index (χ1n) is 36.1. The molecular formula is C76H93Cl2N8O23PS. The molecule has 35 heteroatoms. The summed E-state index contributed by atoms with van der Waals surface area (Å²) in [6, 6.07) is 24.9. The third-order valence-electron chi connectivity index (χ3n) is 18.1. The van der Waals surface area contributed by atoms with Crippen molar-refractivity contribution in [1.29, 1.82) is 0 Å². The van der Waals surface area contributed by atoms with Crippen molar-refractivity contribution in [1.82, 2.24) is 25.3 Å². The number of hydrogen-bond donors (Lipinski definition) is 5. The first-order valence-corrected chi connectivity index (χ1v) is 39.5. The van der Waals surface area contributed by atoms with Crippen LogP contribution in [0.3, 0.4) is 0 Å². The van der Waals surface area contributed by atoms with Gasteiger partial charge in [-0.3, -0.25) is 48.2 Å². The number of benzene rings is 5. The van der Waals surface area contributed by atoms with E-state index in [0.717, 1.165) is 27.4 Å². The van der Waals surface area contributed by atoms with E-state index in [1.165, 1.54) is 54.1 Å². The molecule has 4 atom stereocenters. The molecule has 0 aliphatic carbocycles. The standard InChI is InChI=1S/C76H93Cl2N8O23PS/c1-49(2)70(81-65(87)22-28-101-32-34-103-36-38-105-40-41-106-39-37-104-35-33-102-31-27-84-66(88)20-21-67(84)89)72(91)79-50(3)71(90)80-54-16-14-51(15-17-54)48-107-75(94)82(25-29-99-4)23-24-83(26-30-100-5)76(95)108-61-42-59-68(57-12-8-6-10-55(57)61)52(44-77)46-85(59)73(92)63-18-19-64(111-63)74(93)86-47-53(45-78)69-58-13-9-7-11-56(58)62(43-60(69)86)109-110(96,97)98/h6-21,42-43,49-50,52-53,70H,22-41,44-48H2,1-5H3,(H,79,91)(H,80,90)(H,81,87)(H2,96,97,98). The minimum atomic E-state index is -5.02. The number of nitrogens with one attached hydrogen (secondary N) is 3. The maximum absolute atomic E-state index is 14.8. The Bertz CT molecular complexity index is 4280. The molecule has 0 saturated heterocycles. The Balaban J connectivity index is 0.702. The molecule has 3 aliphatic rings. The summed E-state index contributed by atoms with van der Waals surface area (Å²) in [5, 5.41) is 10.5. The Kier molecular flexibility index (Phi) is 33.3. The third kappa shape index (κ3) is 24.2. The van der Waals surface area contributed by atoms with Gasteiger partial charge in [0.15, 0.2) is 0 Å². The van der Waals surface area contributed by atoms with Crippen molar-refractivity contribution in [3.63, 3.8) is 0 Å². The van der Waals surface area contributed by atoms with E-state index in [-0.39, 0.29) is 161 Å². The molecule has 5 aromatic carbocycles. The Morgan fingerprint density at radius 2 is 1.03 bits per heavy atom. The summed E-state index contributed by atoms with van der Waals surface area (Å²) in [7, 11) is -2.06. The largest absolute Gasteiger partial charge is 0.524 e. The van der Waals surface area contributed by atoms with Gasteiger partial charge < -0.3 is 87.4 Å². The highest BCUT2D eigenvalue weighted by Crippen LogP contribution is 2.50. The van der Waals surface area contributed by atoms with Crippen LogP contribution >= 0.6 is 42.4 Å². The number of imide groups is 1. The first kappa shape index (κ1) is 86.3. The van der Waals surface area contributed by atoms with E-state index in [4.69, 9.17) is 75.1 Å². The fraction of sp³-hybridized carbons (Fsp3) is 0.461. The molecule has 3 aliphatic heterocycles. The predicted molar refractivity (Wildman–Crippen MR) is 413 cm³/mol. The second kappa shape index (κ2) is 42.8. The number of nitrogens with zero attached hydrogens (tertiary/aromatic N) is 5. The van der Waals surface area contributed by atoms with Gasteiger partial charge in [-0.15, -0.1) is 34.5 Å². The van der Waals surface area contributed by atoms with Crippen molar-refractivity contribution >= 4 is 135 Å². The van der Waals surface area contributed by atoms with Crippen molar-refractivity contribution in [2.45, 2.75) is 57.7 Å². The van der Waals surface area contributed by atoms with E-state index in [2.05, 4.69) is 16.0 Å². The lowest BCUT2D eigenvalue weighted by Gasteiger charge is -2.27. The molecular weight excluding hydrogens is 1530 g/mol. The second-order valence-electron chi connectivity index (χ2n) is 26.2. The minimum Gasteiger partial charge on any atom is -0.445 e. The average Bonchev–Trinajstić information content (AvgIpc) is 1.61. The third-order valence-corrected chi connectivity index (χ3v) is 20.4. The van der Waals surface area contributed by atoms with Gasteiger partial charge in [0.05, 0.1) is 120 Å². The zero-order valence-electron chi connectivity index (χ0n) is 62.3. The number of anilines is 3. The van der Waals surface area contributed by atoms with Crippen molar-refractivity contribution in [3.8, 4) is 11.5 Å². The van der Waals surface area contributed by atoms with Gasteiger partial charge in [0.25, 0.3) is 23.6 Å². The number of amides is 9. The van der Waals surface area contributed by atoms with E-state index in [9.17, 15) is 57.5 Å². The van der Waals surface area contributed by atoms with Gasteiger partial charge in [-0.05, 0) is 64.6 Å². The number of halogens is 2.